The summed E-state index contributed by atoms with van der Waals surface area (Å²) in [7, 11) is 0. The van der Waals surface area contributed by atoms with E-state index in [-0.39, 0.29) is 27.7 Å². The lowest BCUT2D eigenvalue weighted by molar-refractivity contribution is 0.567. The van der Waals surface area contributed by atoms with Gasteiger partial charge in [-0.2, -0.15) is 0 Å². The molecule has 0 radical (unpaired) electrons. The molecular formula is C36H57N5. The first-order valence-corrected chi connectivity index (χ1v) is 14.6. The smallest absolute Gasteiger partial charge is 0.186 e. The summed E-state index contributed by atoms with van der Waals surface area (Å²) in [4.78, 5) is 10.9. The van der Waals surface area contributed by atoms with E-state index < -0.39 is 0 Å². The van der Waals surface area contributed by atoms with Crippen LogP contribution in [0, 0.1) is 12.3 Å². The molecule has 2 aromatic carbocycles. The summed E-state index contributed by atoms with van der Waals surface area (Å²) in [6.07, 6.45) is 7.05. The lowest BCUT2D eigenvalue weighted by Crippen LogP contribution is -2.27. The zero-order valence-electron chi connectivity index (χ0n) is 28.1. The number of guanidine groups is 1. The molecule has 5 heteroatoms. The molecule has 0 atom stereocenters. The largest absolute Gasteiger partial charge is 0.370 e. The van der Waals surface area contributed by atoms with Crippen molar-refractivity contribution in [2.24, 2.45) is 21.9 Å². The van der Waals surface area contributed by atoms with Gasteiger partial charge in [0.1, 0.15) is 0 Å². The number of hydrogen-bond donors (Lipinski definition) is 3. The van der Waals surface area contributed by atoms with Crippen LogP contribution in [-0.4, -0.2) is 21.5 Å². The van der Waals surface area contributed by atoms with Crippen LogP contribution >= 0.6 is 0 Å². The van der Waals surface area contributed by atoms with E-state index in [0.29, 0.717) is 0 Å². The summed E-state index contributed by atoms with van der Waals surface area (Å²) >= 11 is 0. The molecule has 0 unspecified atom stereocenters. The van der Waals surface area contributed by atoms with Crippen molar-refractivity contribution in [2.75, 3.05) is 0 Å². The number of aryl methyl sites for hydroxylation is 1. The predicted molar refractivity (Wildman–Crippen MR) is 180 cm³/mol. The first-order valence-electron chi connectivity index (χ1n) is 14.6. The molecule has 0 spiro atoms. The second-order valence-corrected chi connectivity index (χ2v) is 14.8. The van der Waals surface area contributed by atoms with Gasteiger partial charge >= 0.3 is 0 Å². The number of aromatic nitrogens is 2. The first kappa shape index (κ1) is 35.7. The molecule has 1 aliphatic carbocycles. The number of allylic oxidation sites excluding steroid dienone is 2. The molecule has 1 aromatic heterocycles. The van der Waals surface area contributed by atoms with Crippen molar-refractivity contribution in [2.45, 2.75) is 113 Å². The van der Waals surface area contributed by atoms with Gasteiger partial charge in [-0.1, -0.05) is 122 Å². The molecule has 0 saturated heterocycles. The number of nitrogens with one attached hydrogen (secondary N) is 1. The van der Waals surface area contributed by atoms with Crippen LogP contribution in [0.1, 0.15) is 111 Å². The van der Waals surface area contributed by atoms with Crippen molar-refractivity contribution in [3.8, 4) is 0 Å². The molecule has 0 aliphatic heterocycles. The van der Waals surface area contributed by atoms with Gasteiger partial charge in [-0.15, -0.1) is 0 Å². The molecule has 226 valence electrons. The van der Waals surface area contributed by atoms with E-state index in [0.717, 1.165) is 6.42 Å². The van der Waals surface area contributed by atoms with Crippen molar-refractivity contribution in [3.05, 3.63) is 95.1 Å². The van der Waals surface area contributed by atoms with E-state index in [4.69, 9.17) is 11.5 Å². The Balaban J connectivity index is 0.000000279. The van der Waals surface area contributed by atoms with Gasteiger partial charge in [0, 0.05) is 17.3 Å². The van der Waals surface area contributed by atoms with Crippen LogP contribution in [0.15, 0.2) is 72.1 Å². The molecule has 4 rings (SSSR count). The number of aromatic amines is 1. The Hall–Kier alpha value is -3.34. The van der Waals surface area contributed by atoms with E-state index in [1.807, 2.05) is 27.0 Å². The maximum absolute atomic E-state index is 5.11. The number of fused-ring (bicyclic) bond motifs is 1. The summed E-state index contributed by atoms with van der Waals surface area (Å²) in [6.45, 7) is 27.9. The monoisotopic (exact) mass is 559 g/mol. The highest BCUT2D eigenvalue weighted by Crippen LogP contribution is 2.39. The van der Waals surface area contributed by atoms with Crippen LogP contribution in [-0.2, 0) is 17.3 Å². The molecule has 5 nitrogen and oxygen atoms in total. The maximum Gasteiger partial charge on any atom is 0.186 e. The molecule has 1 aliphatic rings. The van der Waals surface area contributed by atoms with Crippen molar-refractivity contribution in [1.82, 2.24) is 9.97 Å². The summed E-state index contributed by atoms with van der Waals surface area (Å²) in [6, 6.07) is 17.5. The third-order valence-corrected chi connectivity index (χ3v) is 6.33. The fourth-order valence-corrected chi connectivity index (χ4v) is 4.10. The number of nitrogens with two attached hydrogens (primary N) is 2. The van der Waals surface area contributed by atoms with Gasteiger partial charge in [0.2, 0.25) is 0 Å². The second-order valence-electron chi connectivity index (χ2n) is 14.8. The lowest BCUT2D eigenvalue weighted by Gasteiger charge is -2.21. The minimum Gasteiger partial charge on any atom is -0.370 e. The maximum atomic E-state index is 5.11. The first-order chi connectivity index (χ1) is 18.6. The summed E-state index contributed by atoms with van der Waals surface area (Å²) in [5.41, 5.74) is 19.2. The second kappa shape index (κ2) is 14.5. The molecule has 41 heavy (non-hydrogen) atoms. The van der Waals surface area contributed by atoms with Crippen LogP contribution in [0.4, 0.5) is 0 Å². The predicted octanol–water partition coefficient (Wildman–Crippen LogP) is 8.73. The molecule has 0 fully saturated rings. The highest BCUT2D eigenvalue weighted by molar-refractivity contribution is 5.76. The minimum atomic E-state index is -0.140. The Labute approximate surface area is 251 Å². The normalized spacial score (nSPS) is 12.8. The van der Waals surface area contributed by atoms with Crippen molar-refractivity contribution in [3.63, 3.8) is 0 Å². The van der Waals surface area contributed by atoms with E-state index in [2.05, 4.69) is 139 Å². The number of benzene rings is 2. The molecule has 5 N–H and O–H groups in total. The van der Waals surface area contributed by atoms with Gasteiger partial charge in [-0.3, -0.25) is 0 Å². The van der Waals surface area contributed by atoms with Gasteiger partial charge in [0.15, 0.2) is 5.96 Å². The summed E-state index contributed by atoms with van der Waals surface area (Å²) in [5, 5.41) is 0. The van der Waals surface area contributed by atoms with Crippen LogP contribution in [0.5, 0.6) is 0 Å². The van der Waals surface area contributed by atoms with E-state index in [1.54, 1.807) is 6.33 Å². The van der Waals surface area contributed by atoms with Crippen molar-refractivity contribution in [1.29, 1.82) is 0 Å². The highest BCUT2D eigenvalue weighted by atomic mass is 15.0. The van der Waals surface area contributed by atoms with E-state index >= 15 is 0 Å². The zero-order chi connectivity index (χ0) is 31.6. The molecule has 0 saturated carbocycles. The molecule has 1 heterocycles. The van der Waals surface area contributed by atoms with Crippen LogP contribution in [0.25, 0.3) is 5.57 Å². The van der Waals surface area contributed by atoms with Crippen molar-refractivity contribution >= 4 is 11.5 Å². The zero-order valence-corrected chi connectivity index (χ0v) is 28.1. The van der Waals surface area contributed by atoms with Gasteiger partial charge in [-0.25, -0.2) is 9.98 Å². The third-order valence-electron chi connectivity index (χ3n) is 6.33. The number of aliphatic imine (C=N–C) groups is 1. The molecule has 0 amide bonds. The average Bonchev–Trinajstić information content (AvgIpc) is 3.48. The Kier molecular flexibility index (Phi) is 12.6. The van der Waals surface area contributed by atoms with Gasteiger partial charge < -0.3 is 16.5 Å². The summed E-state index contributed by atoms with van der Waals surface area (Å²) < 4.78 is 0. The van der Waals surface area contributed by atoms with Crippen LogP contribution in [0.3, 0.4) is 0 Å². The number of hydrogen-bond acceptors (Lipinski definition) is 2. The fraction of sp³-hybridized carbons (Fsp3) is 0.500. The van der Waals surface area contributed by atoms with Crippen LogP contribution < -0.4 is 11.5 Å². The lowest BCUT2D eigenvalue weighted by atomic mass is 9.83. The van der Waals surface area contributed by atoms with Crippen molar-refractivity contribution < 1.29 is 0 Å². The van der Waals surface area contributed by atoms with Gasteiger partial charge in [-0.05, 0) is 67.2 Å². The standard InChI is InChI=1S/C13H16.C11H16.C7H12N2.C5H13N3/c1-13(2,3)12-9-8-10-6-4-5-7-11(10)12;1-9-5-7-10(8-6-9)11(2,3)4;1-7(2,3)6-4-8-5-9-6;1-5(2,3)8-4(6)7/h4-7,9H,8H2,1-3H3;5-8H,1-4H3;4-5H,1-3H3,(H,8,9);1-3H3,(H4,6,7,8). The highest BCUT2D eigenvalue weighted by Gasteiger charge is 2.23. The quantitative estimate of drug-likeness (QED) is 0.190. The Morgan fingerprint density at radius 1 is 0.756 bits per heavy atom. The number of H-pyrrole nitrogens is 1. The Morgan fingerprint density at radius 3 is 1.68 bits per heavy atom. The number of nitrogens with zero attached hydrogens (tertiary/aromatic N) is 2. The topological polar surface area (TPSA) is 93.1 Å². The minimum absolute atomic E-state index is 0.140. The summed E-state index contributed by atoms with van der Waals surface area (Å²) in [5.74, 6) is 0.150. The molecule has 0 bridgehead atoms. The van der Waals surface area contributed by atoms with E-state index in [9.17, 15) is 0 Å². The third kappa shape index (κ3) is 13.7. The van der Waals surface area contributed by atoms with Gasteiger partial charge in [0.05, 0.1) is 11.9 Å². The Bertz CT molecular complexity index is 1230. The number of imidazole rings is 1. The molecule has 3 aromatic rings. The SMILES string of the molecule is CC(C)(C)C1=CCc2ccccc21.CC(C)(C)N=C(N)N.CC(C)(C)c1cnc[nH]1.Cc1ccc(C(C)(C)C)cc1. The van der Waals surface area contributed by atoms with E-state index in [1.165, 1.54) is 33.5 Å². The number of rotatable bonds is 0. The van der Waals surface area contributed by atoms with Gasteiger partial charge in [0.25, 0.3) is 0 Å². The average molecular weight is 560 g/mol. The van der Waals surface area contributed by atoms with Crippen LogP contribution in [0.2, 0.25) is 0 Å². The molecular weight excluding hydrogens is 502 g/mol. The Morgan fingerprint density at radius 2 is 1.32 bits per heavy atom. The fourth-order valence-electron chi connectivity index (χ4n) is 4.10.